The van der Waals surface area contributed by atoms with Crippen LogP contribution in [-0.2, 0) is 6.54 Å². The minimum atomic E-state index is 0. The van der Waals surface area contributed by atoms with Gasteiger partial charge in [0, 0.05) is 25.8 Å². The molecule has 0 aromatic heterocycles. The minimum absolute atomic E-state index is 0. The van der Waals surface area contributed by atoms with Crippen LogP contribution in [0.1, 0.15) is 43.2 Å². The van der Waals surface area contributed by atoms with Crippen LogP contribution < -0.4 is 16.0 Å². The van der Waals surface area contributed by atoms with E-state index in [0.717, 1.165) is 0 Å². The predicted octanol–water partition coefficient (Wildman–Crippen LogP) is 3.42. The Morgan fingerprint density at radius 2 is 1.95 bits per heavy atom. The van der Waals surface area contributed by atoms with Crippen molar-refractivity contribution in [3.63, 3.8) is 0 Å². The summed E-state index contributed by atoms with van der Waals surface area (Å²) < 4.78 is 0. The molecule has 0 amide bonds. The van der Waals surface area contributed by atoms with Gasteiger partial charge in [-0.3, -0.25) is 0 Å². The number of nitrogens with two attached hydrogens (primary N) is 1. The molecule has 1 aromatic rings. The fourth-order valence-electron chi connectivity index (χ4n) is 2.81. The summed E-state index contributed by atoms with van der Waals surface area (Å²) in [6.07, 6.45) is 6.39. The zero-order chi connectivity index (χ0) is 15.2. The van der Waals surface area contributed by atoms with Gasteiger partial charge in [-0.1, -0.05) is 25.3 Å². The molecule has 124 valence electrons. The Labute approximate surface area is 151 Å². The summed E-state index contributed by atoms with van der Waals surface area (Å²) in [6, 6.07) is 6.97. The fourth-order valence-corrected chi connectivity index (χ4v) is 2.81. The molecule has 0 atom stereocenters. The van der Waals surface area contributed by atoms with Crippen molar-refractivity contribution >= 4 is 35.6 Å². The maximum Gasteiger partial charge on any atom is 0.189 e. The van der Waals surface area contributed by atoms with E-state index in [9.17, 15) is 0 Å². The monoisotopic (exact) mass is 416 g/mol. The predicted molar refractivity (Wildman–Crippen MR) is 106 cm³/mol. The quantitative estimate of drug-likeness (QED) is 0.449. The van der Waals surface area contributed by atoms with Gasteiger partial charge in [0.1, 0.15) is 0 Å². The average molecular weight is 416 g/mol. The largest absolute Gasteiger partial charge is 0.378 e. The molecule has 2 rings (SSSR count). The first-order chi connectivity index (χ1) is 10.1. The van der Waals surface area contributed by atoms with Crippen LogP contribution in [0.2, 0.25) is 0 Å². The fraction of sp³-hybridized carbons (Fsp3) is 0.588. The summed E-state index contributed by atoms with van der Waals surface area (Å²) in [4.78, 5) is 6.60. The maximum absolute atomic E-state index is 6.01. The molecule has 0 radical (unpaired) electrons. The van der Waals surface area contributed by atoms with Gasteiger partial charge in [0.05, 0.1) is 6.54 Å². The van der Waals surface area contributed by atoms with Crippen LogP contribution in [0.5, 0.6) is 0 Å². The number of nitrogens with one attached hydrogen (secondary N) is 1. The lowest BCUT2D eigenvalue weighted by Crippen LogP contribution is -2.41. The number of nitrogens with zero attached hydrogens (tertiary/aromatic N) is 2. The standard InChI is InChI=1S/C17H28N4.HI/c1-13-11-16(21(2)3)10-9-14(13)12-19-17(18)20-15-7-5-4-6-8-15;/h9-11,15H,4-8,12H2,1-3H3,(H3,18,19,20);1H. The van der Waals surface area contributed by atoms with E-state index >= 15 is 0 Å². The number of aliphatic imine (C=N–C) groups is 1. The molecular weight excluding hydrogens is 387 g/mol. The van der Waals surface area contributed by atoms with E-state index in [-0.39, 0.29) is 24.0 Å². The molecule has 1 fully saturated rings. The number of aryl methyl sites for hydroxylation is 1. The molecule has 0 saturated heterocycles. The average Bonchev–Trinajstić information content (AvgIpc) is 2.47. The Kier molecular flexibility index (Phi) is 8.00. The van der Waals surface area contributed by atoms with Crippen molar-refractivity contribution in [3.8, 4) is 0 Å². The third-order valence-corrected chi connectivity index (χ3v) is 4.22. The highest BCUT2D eigenvalue weighted by atomic mass is 127. The van der Waals surface area contributed by atoms with E-state index in [1.54, 1.807) is 0 Å². The van der Waals surface area contributed by atoms with Gasteiger partial charge in [0.15, 0.2) is 5.96 Å². The minimum Gasteiger partial charge on any atom is -0.378 e. The van der Waals surface area contributed by atoms with Crippen molar-refractivity contribution in [1.82, 2.24) is 5.32 Å². The van der Waals surface area contributed by atoms with Crippen molar-refractivity contribution in [2.75, 3.05) is 19.0 Å². The number of hydrogen-bond acceptors (Lipinski definition) is 2. The molecule has 1 aromatic carbocycles. The lowest BCUT2D eigenvalue weighted by Gasteiger charge is -2.23. The van der Waals surface area contributed by atoms with Crippen LogP contribution in [0.3, 0.4) is 0 Å². The highest BCUT2D eigenvalue weighted by molar-refractivity contribution is 14.0. The first-order valence-corrected chi connectivity index (χ1v) is 7.89. The van der Waals surface area contributed by atoms with Gasteiger partial charge in [-0.05, 0) is 43.0 Å². The summed E-state index contributed by atoms with van der Waals surface area (Å²) in [7, 11) is 4.11. The van der Waals surface area contributed by atoms with Gasteiger partial charge in [0.25, 0.3) is 0 Å². The molecular formula is C17H29IN4. The molecule has 5 heteroatoms. The van der Waals surface area contributed by atoms with Crippen LogP contribution in [0.15, 0.2) is 23.2 Å². The van der Waals surface area contributed by atoms with Gasteiger partial charge in [-0.15, -0.1) is 24.0 Å². The summed E-state index contributed by atoms with van der Waals surface area (Å²) in [5.74, 6) is 0.581. The molecule has 3 N–H and O–H groups in total. The zero-order valence-corrected chi connectivity index (χ0v) is 16.3. The van der Waals surface area contributed by atoms with Crippen LogP contribution in [0.4, 0.5) is 5.69 Å². The van der Waals surface area contributed by atoms with Crippen LogP contribution in [0.25, 0.3) is 0 Å². The van der Waals surface area contributed by atoms with Crippen LogP contribution >= 0.6 is 24.0 Å². The Balaban J connectivity index is 0.00000242. The third kappa shape index (κ3) is 5.66. The molecule has 0 aliphatic heterocycles. The molecule has 1 aliphatic rings. The van der Waals surface area contributed by atoms with Crippen molar-refractivity contribution in [2.24, 2.45) is 10.7 Å². The summed E-state index contributed by atoms with van der Waals surface area (Å²) >= 11 is 0. The number of hydrogen-bond donors (Lipinski definition) is 2. The summed E-state index contributed by atoms with van der Waals surface area (Å²) in [6.45, 7) is 2.77. The molecule has 0 spiro atoms. The van der Waals surface area contributed by atoms with Crippen molar-refractivity contribution in [1.29, 1.82) is 0 Å². The Hall–Kier alpha value is -0.980. The molecule has 1 aliphatic carbocycles. The second kappa shape index (κ2) is 9.22. The Bertz CT molecular complexity index is 493. The Morgan fingerprint density at radius 1 is 1.27 bits per heavy atom. The number of guanidine groups is 1. The number of halogens is 1. The van der Waals surface area contributed by atoms with Gasteiger partial charge < -0.3 is 16.0 Å². The first kappa shape index (κ1) is 19.1. The van der Waals surface area contributed by atoms with Gasteiger partial charge in [-0.25, -0.2) is 4.99 Å². The smallest absolute Gasteiger partial charge is 0.189 e. The number of rotatable bonds is 4. The van der Waals surface area contributed by atoms with Crippen molar-refractivity contribution in [3.05, 3.63) is 29.3 Å². The Morgan fingerprint density at radius 3 is 2.55 bits per heavy atom. The highest BCUT2D eigenvalue weighted by Gasteiger charge is 2.13. The molecule has 1 saturated carbocycles. The zero-order valence-electron chi connectivity index (χ0n) is 13.9. The van der Waals surface area contributed by atoms with E-state index in [1.165, 1.54) is 48.9 Å². The van der Waals surface area contributed by atoms with Crippen LogP contribution in [0, 0.1) is 6.92 Å². The number of anilines is 1. The van der Waals surface area contributed by atoms with Gasteiger partial charge >= 0.3 is 0 Å². The second-order valence-corrected chi connectivity index (χ2v) is 6.19. The van der Waals surface area contributed by atoms with Gasteiger partial charge in [-0.2, -0.15) is 0 Å². The molecule has 0 bridgehead atoms. The lowest BCUT2D eigenvalue weighted by atomic mass is 9.96. The molecule has 0 heterocycles. The van der Waals surface area contributed by atoms with E-state index in [2.05, 4.69) is 54.4 Å². The normalized spacial score (nSPS) is 16.0. The second-order valence-electron chi connectivity index (χ2n) is 6.19. The maximum atomic E-state index is 6.01. The highest BCUT2D eigenvalue weighted by Crippen LogP contribution is 2.19. The summed E-state index contributed by atoms with van der Waals surface area (Å²) in [5.41, 5.74) is 9.72. The molecule has 0 unspecified atom stereocenters. The van der Waals surface area contributed by atoms with E-state index in [0.29, 0.717) is 18.5 Å². The molecule has 4 nitrogen and oxygen atoms in total. The SMILES string of the molecule is Cc1cc(N(C)C)ccc1CN=C(N)NC1CCCCC1.I. The van der Waals surface area contributed by atoms with Crippen LogP contribution in [-0.4, -0.2) is 26.1 Å². The van der Waals surface area contributed by atoms with Crippen molar-refractivity contribution < 1.29 is 0 Å². The number of benzene rings is 1. The van der Waals surface area contributed by atoms with Gasteiger partial charge in [0.2, 0.25) is 0 Å². The van der Waals surface area contributed by atoms with E-state index < -0.39 is 0 Å². The summed E-state index contributed by atoms with van der Waals surface area (Å²) in [5, 5.41) is 3.36. The molecule has 22 heavy (non-hydrogen) atoms. The van der Waals surface area contributed by atoms with Crippen molar-refractivity contribution in [2.45, 2.75) is 51.6 Å². The van der Waals surface area contributed by atoms with E-state index in [4.69, 9.17) is 5.73 Å². The topological polar surface area (TPSA) is 53.6 Å². The third-order valence-electron chi connectivity index (χ3n) is 4.22. The first-order valence-electron chi connectivity index (χ1n) is 7.89. The van der Waals surface area contributed by atoms with E-state index in [1.807, 2.05) is 0 Å². The lowest BCUT2D eigenvalue weighted by molar-refractivity contribution is 0.412.